The van der Waals surface area contributed by atoms with Crippen LogP contribution in [0.15, 0.2) is 12.3 Å². The summed E-state index contributed by atoms with van der Waals surface area (Å²) >= 11 is 0. The van der Waals surface area contributed by atoms with E-state index in [4.69, 9.17) is 5.73 Å². The van der Waals surface area contributed by atoms with Crippen LogP contribution in [0.25, 0.3) is 0 Å². The molecule has 3 nitrogen and oxygen atoms in total. The van der Waals surface area contributed by atoms with Gasteiger partial charge in [0.2, 0.25) is 0 Å². The highest BCUT2D eigenvalue weighted by Crippen LogP contribution is 2.23. The first-order valence-corrected chi connectivity index (χ1v) is 4.83. The summed E-state index contributed by atoms with van der Waals surface area (Å²) in [6.07, 6.45) is -3.63. The standard InChI is InChI=1S/C10H14F3N3/c1-6-3-9(15-5-8(6)14)16-7(2)4-10(11,12)13/h3,5,7H,4,14H2,1-2H3,(H,15,16). The molecule has 1 aromatic rings. The predicted molar refractivity (Wildman–Crippen MR) is 57.1 cm³/mol. The van der Waals surface area contributed by atoms with Crippen molar-refractivity contribution in [2.24, 2.45) is 0 Å². The fraction of sp³-hybridized carbons (Fsp3) is 0.500. The summed E-state index contributed by atoms with van der Waals surface area (Å²) in [5.41, 5.74) is 6.86. The average Bonchev–Trinajstić information content (AvgIpc) is 2.08. The summed E-state index contributed by atoms with van der Waals surface area (Å²) in [5.74, 6) is 0.406. The van der Waals surface area contributed by atoms with Crippen molar-refractivity contribution in [1.82, 2.24) is 4.98 Å². The lowest BCUT2D eigenvalue weighted by molar-refractivity contribution is -0.136. The Hall–Kier alpha value is -1.46. The Labute approximate surface area is 91.9 Å². The highest BCUT2D eigenvalue weighted by Gasteiger charge is 2.29. The van der Waals surface area contributed by atoms with Crippen LogP contribution in [0.3, 0.4) is 0 Å². The third-order valence-corrected chi connectivity index (χ3v) is 2.08. The molecule has 3 N–H and O–H groups in total. The predicted octanol–water partition coefficient (Wildman–Crippen LogP) is 2.73. The topological polar surface area (TPSA) is 50.9 Å². The molecule has 0 bridgehead atoms. The summed E-state index contributed by atoms with van der Waals surface area (Å²) in [6.45, 7) is 3.23. The largest absolute Gasteiger partial charge is 0.397 e. The van der Waals surface area contributed by atoms with Crippen molar-refractivity contribution in [3.05, 3.63) is 17.8 Å². The number of nitrogen functional groups attached to an aromatic ring is 1. The summed E-state index contributed by atoms with van der Waals surface area (Å²) in [7, 11) is 0. The normalized spacial score (nSPS) is 13.6. The monoisotopic (exact) mass is 233 g/mol. The average molecular weight is 233 g/mol. The molecule has 0 aliphatic rings. The summed E-state index contributed by atoms with van der Waals surface area (Å²) < 4.78 is 36.2. The number of halogens is 3. The van der Waals surface area contributed by atoms with E-state index < -0.39 is 18.6 Å². The van der Waals surface area contributed by atoms with Crippen LogP contribution in [0.5, 0.6) is 0 Å². The van der Waals surface area contributed by atoms with Gasteiger partial charge in [0.05, 0.1) is 18.3 Å². The smallest absolute Gasteiger partial charge is 0.391 e. The third-order valence-electron chi connectivity index (χ3n) is 2.08. The molecule has 90 valence electrons. The molecule has 0 aliphatic heterocycles. The van der Waals surface area contributed by atoms with E-state index in [2.05, 4.69) is 10.3 Å². The van der Waals surface area contributed by atoms with Gasteiger partial charge in [-0.1, -0.05) is 0 Å². The molecule has 0 saturated carbocycles. The minimum Gasteiger partial charge on any atom is -0.397 e. The highest BCUT2D eigenvalue weighted by molar-refractivity contribution is 5.51. The van der Waals surface area contributed by atoms with Gasteiger partial charge in [-0.15, -0.1) is 0 Å². The van der Waals surface area contributed by atoms with Gasteiger partial charge in [0.15, 0.2) is 0 Å². The van der Waals surface area contributed by atoms with Crippen molar-refractivity contribution in [2.45, 2.75) is 32.5 Å². The molecule has 1 heterocycles. The van der Waals surface area contributed by atoms with E-state index in [0.29, 0.717) is 11.5 Å². The minimum atomic E-state index is -4.17. The van der Waals surface area contributed by atoms with Crippen LogP contribution in [-0.2, 0) is 0 Å². The Morgan fingerprint density at radius 1 is 1.50 bits per heavy atom. The van der Waals surface area contributed by atoms with Crippen molar-refractivity contribution < 1.29 is 13.2 Å². The van der Waals surface area contributed by atoms with E-state index in [0.717, 1.165) is 5.56 Å². The van der Waals surface area contributed by atoms with Gasteiger partial charge < -0.3 is 11.1 Å². The quantitative estimate of drug-likeness (QED) is 0.843. The molecule has 16 heavy (non-hydrogen) atoms. The molecule has 0 amide bonds. The number of nitrogens with two attached hydrogens (primary N) is 1. The van der Waals surface area contributed by atoms with Crippen LogP contribution >= 0.6 is 0 Å². The summed E-state index contributed by atoms with van der Waals surface area (Å²) in [6, 6.07) is 0.915. The fourth-order valence-electron chi connectivity index (χ4n) is 1.30. The first-order valence-electron chi connectivity index (χ1n) is 4.83. The van der Waals surface area contributed by atoms with Crippen molar-refractivity contribution in [1.29, 1.82) is 0 Å². The molecule has 1 aromatic heterocycles. The second kappa shape index (κ2) is 4.59. The lowest BCUT2D eigenvalue weighted by atomic mass is 10.2. The maximum Gasteiger partial charge on any atom is 0.391 e. The molecule has 0 radical (unpaired) electrons. The van der Waals surface area contributed by atoms with E-state index in [1.165, 1.54) is 13.1 Å². The number of nitrogens with zero attached hydrogens (tertiary/aromatic N) is 1. The number of anilines is 2. The van der Waals surface area contributed by atoms with E-state index in [1.807, 2.05) is 0 Å². The fourth-order valence-corrected chi connectivity index (χ4v) is 1.30. The van der Waals surface area contributed by atoms with E-state index >= 15 is 0 Å². The van der Waals surface area contributed by atoms with Crippen LogP contribution in [0, 0.1) is 6.92 Å². The Morgan fingerprint density at radius 3 is 2.62 bits per heavy atom. The molecule has 1 rings (SSSR count). The number of nitrogens with one attached hydrogen (secondary N) is 1. The molecule has 0 fully saturated rings. The Balaban J connectivity index is 2.63. The summed E-state index contributed by atoms with van der Waals surface area (Å²) in [4.78, 5) is 3.91. The Bertz CT molecular complexity index is 363. The van der Waals surface area contributed by atoms with Gasteiger partial charge in [-0.2, -0.15) is 13.2 Å². The van der Waals surface area contributed by atoms with Gasteiger partial charge in [0, 0.05) is 6.04 Å². The number of hydrogen-bond acceptors (Lipinski definition) is 3. The maximum absolute atomic E-state index is 12.1. The van der Waals surface area contributed by atoms with Crippen LogP contribution in [0.1, 0.15) is 18.9 Å². The maximum atomic E-state index is 12.1. The SMILES string of the molecule is Cc1cc(NC(C)CC(F)(F)F)ncc1N. The van der Waals surface area contributed by atoms with E-state index in [-0.39, 0.29) is 0 Å². The molecular weight excluding hydrogens is 219 g/mol. The first kappa shape index (κ1) is 12.6. The lowest BCUT2D eigenvalue weighted by Gasteiger charge is -2.16. The van der Waals surface area contributed by atoms with Crippen molar-refractivity contribution >= 4 is 11.5 Å². The number of rotatable bonds is 3. The van der Waals surface area contributed by atoms with Gasteiger partial charge in [-0.25, -0.2) is 4.98 Å². The number of hydrogen-bond donors (Lipinski definition) is 2. The highest BCUT2D eigenvalue weighted by atomic mass is 19.4. The number of alkyl halides is 3. The van der Waals surface area contributed by atoms with E-state index in [9.17, 15) is 13.2 Å². The molecule has 0 saturated heterocycles. The van der Waals surface area contributed by atoms with Gasteiger partial charge in [0.1, 0.15) is 5.82 Å². The minimum absolute atomic E-state index is 0.406. The van der Waals surface area contributed by atoms with Gasteiger partial charge in [-0.3, -0.25) is 0 Å². The zero-order valence-corrected chi connectivity index (χ0v) is 9.10. The summed E-state index contributed by atoms with van der Waals surface area (Å²) in [5, 5.41) is 2.68. The zero-order valence-electron chi connectivity index (χ0n) is 9.10. The molecule has 1 unspecified atom stereocenters. The van der Waals surface area contributed by atoms with Crippen LogP contribution < -0.4 is 11.1 Å². The number of aromatic nitrogens is 1. The van der Waals surface area contributed by atoms with E-state index in [1.54, 1.807) is 13.0 Å². The van der Waals surface area contributed by atoms with Gasteiger partial charge >= 0.3 is 6.18 Å². The van der Waals surface area contributed by atoms with Crippen LogP contribution in [-0.4, -0.2) is 17.2 Å². The molecule has 1 atom stereocenters. The molecule has 0 aliphatic carbocycles. The molecular formula is C10H14F3N3. The number of aryl methyl sites for hydroxylation is 1. The van der Waals surface area contributed by atoms with Crippen molar-refractivity contribution in [2.75, 3.05) is 11.1 Å². The Kier molecular flexibility index (Phi) is 3.62. The van der Waals surface area contributed by atoms with Crippen LogP contribution in [0.2, 0.25) is 0 Å². The van der Waals surface area contributed by atoms with Crippen molar-refractivity contribution in [3.8, 4) is 0 Å². The second-order valence-corrected chi connectivity index (χ2v) is 3.79. The molecule has 6 heteroatoms. The first-order chi connectivity index (χ1) is 7.28. The lowest BCUT2D eigenvalue weighted by Crippen LogP contribution is -2.24. The zero-order chi connectivity index (χ0) is 12.3. The second-order valence-electron chi connectivity index (χ2n) is 3.79. The molecule has 0 spiro atoms. The third kappa shape index (κ3) is 3.96. The van der Waals surface area contributed by atoms with Gasteiger partial charge in [-0.05, 0) is 25.5 Å². The Morgan fingerprint density at radius 2 is 2.12 bits per heavy atom. The van der Waals surface area contributed by atoms with Gasteiger partial charge in [0.25, 0.3) is 0 Å². The number of pyridine rings is 1. The molecule has 0 aromatic carbocycles. The van der Waals surface area contributed by atoms with Crippen LogP contribution in [0.4, 0.5) is 24.7 Å². The van der Waals surface area contributed by atoms with Crippen molar-refractivity contribution in [3.63, 3.8) is 0 Å².